The molecule has 33 heavy (non-hydrogen) atoms. The summed E-state index contributed by atoms with van der Waals surface area (Å²) in [5.74, 6) is 0. The Morgan fingerprint density at radius 1 is 0.606 bits per heavy atom. The third-order valence-corrected chi connectivity index (χ3v) is 17.8. The molecule has 0 aromatic heterocycles. The highest BCUT2D eigenvalue weighted by Crippen LogP contribution is 2.56. The summed E-state index contributed by atoms with van der Waals surface area (Å²) in [5.41, 5.74) is -0.524. The third kappa shape index (κ3) is 9.83. The maximum absolute atomic E-state index is 14.0. The average Bonchev–Trinajstić information content (AvgIpc) is 2.83. The maximum atomic E-state index is 14.0. The highest BCUT2D eigenvalue weighted by atomic mass is 31.2. The maximum Gasteiger partial charge on any atom is 0.100 e. The van der Waals surface area contributed by atoms with E-state index >= 15 is 0 Å². The van der Waals surface area contributed by atoms with Gasteiger partial charge in [0.05, 0.1) is 20.6 Å². The summed E-state index contributed by atoms with van der Waals surface area (Å²) in [4.78, 5) is 2.37. The summed E-state index contributed by atoms with van der Waals surface area (Å²) >= 11 is 0. The number of hydrogen-bond acceptors (Lipinski definition) is 7. The molecule has 0 aromatic carbocycles. The lowest BCUT2D eigenvalue weighted by Gasteiger charge is -2.48. The van der Waals surface area contributed by atoms with Crippen molar-refractivity contribution < 1.29 is 13.7 Å². The largest absolute Gasteiger partial charge is 0.324 e. The van der Waals surface area contributed by atoms with Gasteiger partial charge in [-0.25, -0.2) is 0 Å². The predicted molar refractivity (Wildman–Crippen MR) is 149 cm³/mol. The van der Waals surface area contributed by atoms with Crippen LogP contribution in [0.2, 0.25) is 0 Å². The van der Waals surface area contributed by atoms with E-state index in [9.17, 15) is 13.7 Å². The number of rotatable bonds is 12. The van der Waals surface area contributed by atoms with Crippen molar-refractivity contribution in [2.24, 2.45) is 0 Å². The highest BCUT2D eigenvalue weighted by Gasteiger charge is 2.46. The molecule has 1 saturated heterocycles. The van der Waals surface area contributed by atoms with Crippen molar-refractivity contribution in [1.29, 1.82) is 0 Å². The van der Waals surface area contributed by atoms with Crippen molar-refractivity contribution in [3.63, 3.8) is 0 Å². The van der Waals surface area contributed by atoms with Gasteiger partial charge < -0.3 is 29.6 Å². The SMILES string of the molecule is CCP(=O)(CC)CN1CCNCCNCCNCC1(CP(=O)(CC)CC)CP(=O)(CC)CC. The van der Waals surface area contributed by atoms with E-state index in [-0.39, 0.29) is 0 Å². The molecule has 7 nitrogen and oxygen atoms in total. The first-order valence-electron chi connectivity index (χ1n) is 13.2. The van der Waals surface area contributed by atoms with Crippen molar-refractivity contribution in [3.8, 4) is 0 Å². The zero-order valence-corrected chi connectivity index (χ0v) is 25.0. The first kappa shape index (κ1) is 31.6. The molecule has 0 unspecified atom stereocenters. The zero-order valence-electron chi connectivity index (χ0n) is 22.3. The van der Waals surface area contributed by atoms with Gasteiger partial charge in [0.15, 0.2) is 0 Å². The molecule has 3 N–H and O–H groups in total. The lowest BCUT2D eigenvalue weighted by molar-refractivity contribution is 0.145. The van der Waals surface area contributed by atoms with Gasteiger partial charge in [-0.15, -0.1) is 0 Å². The molecule has 198 valence electrons. The van der Waals surface area contributed by atoms with E-state index in [1.165, 1.54) is 0 Å². The molecular formula is C23H53N4O3P3. The molecule has 10 heteroatoms. The Morgan fingerprint density at radius 3 is 1.42 bits per heavy atom. The van der Waals surface area contributed by atoms with Crippen molar-refractivity contribution >= 4 is 21.4 Å². The van der Waals surface area contributed by atoms with Gasteiger partial charge in [-0.1, -0.05) is 41.5 Å². The Hall–Kier alpha value is 0.530. The quantitative estimate of drug-likeness (QED) is 0.332. The summed E-state index contributed by atoms with van der Waals surface area (Å²) < 4.78 is 41.7. The molecule has 0 saturated carbocycles. The van der Waals surface area contributed by atoms with Gasteiger partial charge in [-0.2, -0.15) is 0 Å². The Bertz CT molecular complexity index is 652. The minimum Gasteiger partial charge on any atom is -0.324 e. The van der Waals surface area contributed by atoms with Crippen LogP contribution in [0.25, 0.3) is 0 Å². The summed E-state index contributed by atoms with van der Waals surface area (Å²) in [5, 5.41) is 10.6. The van der Waals surface area contributed by atoms with E-state index in [1.807, 2.05) is 41.5 Å². The monoisotopic (exact) mass is 526 g/mol. The van der Waals surface area contributed by atoms with E-state index in [1.54, 1.807) is 0 Å². The second-order valence-corrected chi connectivity index (χ2v) is 20.8. The fraction of sp³-hybridized carbons (Fsp3) is 1.00. The van der Waals surface area contributed by atoms with E-state index in [0.717, 1.165) is 39.3 Å². The standard InChI is InChI=1S/C23H53N4O3P3/c1-7-31(28,8-2)20-23(21-32(29,9-3)10-4)19-26-16-15-24-13-14-25-17-18-27(23)22-33(30,11-5)12-6/h24-26H,7-22H2,1-6H3. The number of hydrogen-bond donors (Lipinski definition) is 3. The summed E-state index contributed by atoms with van der Waals surface area (Å²) in [6, 6.07) is 0. The van der Waals surface area contributed by atoms with Crippen LogP contribution in [-0.4, -0.2) is 112 Å². The number of nitrogens with zero attached hydrogens (tertiary/aromatic N) is 1. The molecule has 1 fully saturated rings. The van der Waals surface area contributed by atoms with Crippen LogP contribution in [0.4, 0.5) is 0 Å². The van der Waals surface area contributed by atoms with Gasteiger partial charge >= 0.3 is 0 Å². The molecule has 0 aliphatic carbocycles. The second kappa shape index (κ2) is 14.9. The number of nitrogens with one attached hydrogen (secondary N) is 3. The average molecular weight is 527 g/mol. The van der Waals surface area contributed by atoms with Crippen molar-refractivity contribution in [3.05, 3.63) is 0 Å². The summed E-state index contributed by atoms with van der Waals surface area (Å²) in [6.45, 7) is 17.8. The van der Waals surface area contributed by atoms with Gasteiger partial charge in [0.2, 0.25) is 0 Å². The molecular weight excluding hydrogens is 473 g/mol. The predicted octanol–water partition coefficient (Wildman–Crippen LogP) is 3.98. The zero-order chi connectivity index (χ0) is 25.0. The Labute approximate surface area is 204 Å². The first-order valence-corrected chi connectivity index (χ1v) is 20.0. The molecule has 0 amide bonds. The van der Waals surface area contributed by atoms with Gasteiger partial charge in [0, 0.05) is 63.7 Å². The van der Waals surface area contributed by atoms with Crippen LogP contribution >= 0.6 is 21.4 Å². The highest BCUT2D eigenvalue weighted by molar-refractivity contribution is 7.65. The van der Waals surface area contributed by atoms with Crippen LogP contribution in [0.15, 0.2) is 0 Å². The van der Waals surface area contributed by atoms with E-state index in [2.05, 4.69) is 20.9 Å². The molecule has 0 aromatic rings. The van der Waals surface area contributed by atoms with Gasteiger partial charge in [0.1, 0.15) is 7.14 Å². The Morgan fingerprint density at radius 2 is 1.00 bits per heavy atom. The molecule has 0 bridgehead atoms. The Balaban J connectivity index is 3.62. The van der Waals surface area contributed by atoms with Crippen LogP contribution < -0.4 is 16.0 Å². The normalized spacial score (nSPS) is 20.2. The molecule has 0 atom stereocenters. The fourth-order valence-electron chi connectivity index (χ4n) is 4.77. The van der Waals surface area contributed by atoms with E-state index < -0.39 is 27.0 Å². The van der Waals surface area contributed by atoms with Crippen molar-refractivity contribution in [1.82, 2.24) is 20.9 Å². The molecule has 1 heterocycles. The molecule has 1 rings (SSSR count). The van der Waals surface area contributed by atoms with E-state index in [0.29, 0.717) is 62.1 Å². The fourth-order valence-corrected chi connectivity index (χ4v) is 11.6. The van der Waals surface area contributed by atoms with Crippen molar-refractivity contribution in [2.75, 3.05) is 101 Å². The van der Waals surface area contributed by atoms with Crippen LogP contribution in [0, 0.1) is 0 Å². The summed E-state index contributed by atoms with van der Waals surface area (Å²) in [7, 11) is -7.29. The van der Waals surface area contributed by atoms with Gasteiger partial charge in [0.25, 0.3) is 0 Å². The van der Waals surface area contributed by atoms with E-state index in [4.69, 9.17) is 0 Å². The molecule has 1 aliphatic heterocycles. The minimum absolute atomic E-state index is 0.516. The van der Waals surface area contributed by atoms with Crippen LogP contribution in [0.3, 0.4) is 0 Å². The molecule has 1 aliphatic rings. The smallest absolute Gasteiger partial charge is 0.100 e. The van der Waals surface area contributed by atoms with Crippen LogP contribution in [0.1, 0.15) is 41.5 Å². The van der Waals surface area contributed by atoms with Crippen LogP contribution in [-0.2, 0) is 13.7 Å². The Kier molecular flexibility index (Phi) is 14.3. The first-order chi connectivity index (χ1) is 15.6. The van der Waals surface area contributed by atoms with Crippen molar-refractivity contribution in [2.45, 2.75) is 47.1 Å². The molecule has 0 radical (unpaired) electrons. The lowest BCUT2D eigenvalue weighted by Crippen LogP contribution is -2.62. The van der Waals surface area contributed by atoms with Gasteiger partial charge in [-0.3, -0.25) is 4.90 Å². The lowest BCUT2D eigenvalue weighted by atomic mass is 10.0. The summed E-state index contributed by atoms with van der Waals surface area (Å²) in [6.07, 6.45) is 5.55. The third-order valence-electron chi connectivity index (χ3n) is 7.69. The molecule has 0 spiro atoms. The minimum atomic E-state index is -2.45. The van der Waals surface area contributed by atoms with Crippen LogP contribution in [0.5, 0.6) is 0 Å². The second-order valence-electron chi connectivity index (χ2n) is 9.69. The van der Waals surface area contributed by atoms with Gasteiger partial charge in [-0.05, 0) is 37.0 Å². The topological polar surface area (TPSA) is 90.5 Å².